The number of benzene rings is 1. The minimum atomic E-state index is -0.182. The van der Waals surface area contributed by atoms with Gasteiger partial charge in [0.05, 0.1) is 6.10 Å². The Kier molecular flexibility index (Phi) is 3.00. The van der Waals surface area contributed by atoms with Crippen LogP contribution in [0.2, 0.25) is 0 Å². The van der Waals surface area contributed by atoms with Gasteiger partial charge in [0.15, 0.2) is 0 Å². The molecule has 1 aliphatic carbocycles. The monoisotopic (exact) mass is 244 g/mol. The van der Waals surface area contributed by atoms with Crippen molar-refractivity contribution in [1.82, 2.24) is 0 Å². The Bertz CT molecular complexity index is 463. The van der Waals surface area contributed by atoms with Gasteiger partial charge < -0.3 is 5.11 Å². The molecule has 1 fully saturated rings. The van der Waals surface area contributed by atoms with Gasteiger partial charge in [-0.15, -0.1) is 11.3 Å². The van der Waals surface area contributed by atoms with E-state index in [9.17, 15) is 5.11 Å². The summed E-state index contributed by atoms with van der Waals surface area (Å²) in [4.78, 5) is 1.29. The molecule has 1 aromatic carbocycles. The molecule has 1 nitrogen and oxygen atoms in total. The first-order chi connectivity index (χ1) is 8.34. The van der Waals surface area contributed by atoms with Crippen molar-refractivity contribution in [3.63, 3.8) is 0 Å². The minimum Gasteiger partial charge on any atom is -0.392 e. The predicted molar refractivity (Wildman–Crippen MR) is 71.3 cm³/mol. The van der Waals surface area contributed by atoms with Crippen molar-refractivity contribution in [2.75, 3.05) is 0 Å². The summed E-state index contributed by atoms with van der Waals surface area (Å²) in [6.45, 7) is 0. The second-order valence-corrected chi connectivity index (χ2v) is 5.80. The molecule has 1 aliphatic rings. The van der Waals surface area contributed by atoms with Gasteiger partial charge in [0.25, 0.3) is 0 Å². The van der Waals surface area contributed by atoms with Gasteiger partial charge in [-0.3, -0.25) is 0 Å². The maximum absolute atomic E-state index is 10.2. The van der Waals surface area contributed by atoms with E-state index in [1.165, 1.54) is 10.4 Å². The van der Waals surface area contributed by atoms with Crippen LogP contribution in [0.1, 0.15) is 22.8 Å². The quantitative estimate of drug-likeness (QED) is 0.873. The fourth-order valence-corrected chi connectivity index (χ4v) is 3.27. The van der Waals surface area contributed by atoms with E-state index in [4.69, 9.17) is 0 Å². The Labute approximate surface area is 106 Å². The molecule has 17 heavy (non-hydrogen) atoms. The summed E-state index contributed by atoms with van der Waals surface area (Å²) in [7, 11) is 0. The molecule has 0 radical (unpaired) electrons. The van der Waals surface area contributed by atoms with Crippen LogP contribution in [0.25, 0.3) is 0 Å². The maximum Gasteiger partial charge on any atom is 0.0622 e. The topological polar surface area (TPSA) is 20.2 Å². The minimum absolute atomic E-state index is 0.182. The lowest BCUT2D eigenvalue weighted by molar-refractivity contribution is 0.150. The van der Waals surface area contributed by atoms with Crippen LogP contribution in [0.3, 0.4) is 0 Å². The third-order valence-corrected chi connectivity index (χ3v) is 4.45. The number of aliphatic hydroxyl groups excluding tert-OH is 1. The second kappa shape index (κ2) is 4.63. The standard InChI is InChI=1S/C15H16OS/c16-15(9-12-7-4-8-17-12)14-10-13(14)11-5-2-1-3-6-11/h1-8,13-16H,9-10H2. The number of rotatable bonds is 4. The molecule has 3 unspecified atom stereocenters. The van der Waals surface area contributed by atoms with E-state index in [1.807, 2.05) is 12.1 Å². The summed E-state index contributed by atoms with van der Waals surface area (Å²) in [5.74, 6) is 1.03. The van der Waals surface area contributed by atoms with Crippen molar-refractivity contribution in [1.29, 1.82) is 0 Å². The van der Waals surface area contributed by atoms with Crippen LogP contribution in [-0.2, 0) is 6.42 Å². The lowest BCUT2D eigenvalue weighted by Gasteiger charge is -2.08. The smallest absolute Gasteiger partial charge is 0.0622 e. The first kappa shape index (κ1) is 11.0. The Balaban J connectivity index is 1.61. The Morgan fingerprint density at radius 2 is 2.00 bits per heavy atom. The van der Waals surface area contributed by atoms with Crippen LogP contribution >= 0.6 is 11.3 Å². The average molecular weight is 244 g/mol. The highest BCUT2D eigenvalue weighted by atomic mass is 32.1. The van der Waals surface area contributed by atoms with Crippen LogP contribution in [0.4, 0.5) is 0 Å². The molecule has 0 aliphatic heterocycles. The van der Waals surface area contributed by atoms with Crippen LogP contribution < -0.4 is 0 Å². The molecule has 2 heteroatoms. The highest BCUT2D eigenvalue weighted by molar-refractivity contribution is 7.09. The molecular formula is C15H16OS. The van der Waals surface area contributed by atoms with Gasteiger partial charge in [-0.1, -0.05) is 36.4 Å². The zero-order chi connectivity index (χ0) is 11.7. The van der Waals surface area contributed by atoms with Crippen LogP contribution in [0, 0.1) is 5.92 Å². The number of aliphatic hydroxyl groups is 1. The Morgan fingerprint density at radius 3 is 2.71 bits per heavy atom. The van der Waals surface area contributed by atoms with Gasteiger partial charge >= 0.3 is 0 Å². The molecule has 1 aromatic heterocycles. The maximum atomic E-state index is 10.2. The molecule has 1 saturated carbocycles. The lowest BCUT2D eigenvalue weighted by Crippen LogP contribution is -2.13. The van der Waals surface area contributed by atoms with Gasteiger partial charge in [0, 0.05) is 11.3 Å². The zero-order valence-corrected chi connectivity index (χ0v) is 10.4. The van der Waals surface area contributed by atoms with E-state index in [2.05, 4.69) is 35.7 Å². The average Bonchev–Trinajstić information content (AvgIpc) is 3.02. The molecule has 3 rings (SSSR count). The molecule has 88 valence electrons. The van der Waals surface area contributed by atoms with Crippen molar-refractivity contribution in [3.05, 3.63) is 58.3 Å². The van der Waals surface area contributed by atoms with E-state index >= 15 is 0 Å². The predicted octanol–water partition coefficient (Wildman–Crippen LogP) is 3.46. The summed E-state index contributed by atoms with van der Waals surface area (Å²) in [5.41, 5.74) is 1.38. The molecule has 3 atom stereocenters. The van der Waals surface area contributed by atoms with Crippen LogP contribution in [-0.4, -0.2) is 11.2 Å². The van der Waals surface area contributed by atoms with E-state index in [0.717, 1.165) is 12.8 Å². The van der Waals surface area contributed by atoms with Crippen molar-refractivity contribution in [2.45, 2.75) is 24.9 Å². The fourth-order valence-electron chi connectivity index (χ4n) is 2.51. The summed E-state index contributed by atoms with van der Waals surface area (Å²) < 4.78 is 0. The third-order valence-electron chi connectivity index (χ3n) is 3.55. The molecular weight excluding hydrogens is 228 g/mol. The van der Waals surface area contributed by atoms with Crippen molar-refractivity contribution in [2.24, 2.45) is 5.92 Å². The molecule has 0 amide bonds. The summed E-state index contributed by atoms with van der Waals surface area (Å²) in [6, 6.07) is 14.7. The normalized spacial score (nSPS) is 24.5. The van der Waals surface area contributed by atoms with Gasteiger partial charge in [-0.25, -0.2) is 0 Å². The second-order valence-electron chi connectivity index (χ2n) is 4.77. The summed E-state index contributed by atoms with van der Waals surface area (Å²) in [5, 5.41) is 12.3. The number of thiophene rings is 1. The van der Waals surface area contributed by atoms with Gasteiger partial charge in [-0.05, 0) is 35.3 Å². The summed E-state index contributed by atoms with van der Waals surface area (Å²) in [6.07, 6.45) is 1.77. The van der Waals surface area contributed by atoms with E-state index in [1.54, 1.807) is 11.3 Å². The molecule has 2 aromatic rings. The van der Waals surface area contributed by atoms with Gasteiger partial charge in [-0.2, -0.15) is 0 Å². The van der Waals surface area contributed by atoms with Crippen LogP contribution in [0.5, 0.6) is 0 Å². The number of hydrogen-bond acceptors (Lipinski definition) is 2. The highest BCUT2D eigenvalue weighted by Crippen LogP contribution is 2.50. The Morgan fingerprint density at radius 1 is 1.18 bits per heavy atom. The van der Waals surface area contributed by atoms with E-state index in [0.29, 0.717) is 11.8 Å². The molecule has 1 heterocycles. The van der Waals surface area contributed by atoms with Gasteiger partial charge in [0.2, 0.25) is 0 Å². The number of hydrogen-bond donors (Lipinski definition) is 1. The largest absolute Gasteiger partial charge is 0.392 e. The summed E-state index contributed by atoms with van der Waals surface area (Å²) >= 11 is 1.73. The molecule has 0 saturated heterocycles. The van der Waals surface area contributed by atoms with Crippen molar-refractivity contribution in [3.8, 4) is 0 Å². The van der Waals surface area contributed by atoms with E-state index in [-0.39, 0.29) is 6.10 Å². The van der Waals surface area contributed by atoms with Crippen molar-refractivity contribution < 1.29 is 5.11 Å². The van der Waals surface area contributed by atoms with E-state index < -0.39 is 0 Å². The molecule has 1 N–H and O–H groups in total. The first-order valence-corrected chi connectivity index (χ1v) is 6.98. The lowest BCUT2D eigenvalue weighted by atomic mass is 10.0. The third kappa shape index (κ3) is 2.43. The zero-order valence-electron chi connectivity index (χ0n) is 9.62. The van der Waals surface area contributed by atoms with Crippen LogP contribution in [0.15, 0.2) is 47.8 Å². The van der Waals surface area contributed by atoms with Crippen molar-refractivity contribution >= 4 is 11.3 Å². The molecule has 0 bridgehead atoms. The highest BCUT2D eigenvalue weighted by Gasteiger charge is 2.43. The van der Waals surface area contributed by atoms with Gasteiger partial charge in [0.1, 0.15) is 0 Å². The fraction of sp³-hybridized carbons (Fsp3) is 0.333. The molecule has 0 spiro atoms. The SMILES string of the molecule is OC(Cc1cccs1)C1CC1c1ccccc1. The first-order valence-electron chi connectivity index (χ1n) is 6.10. The Hall–Kier alpha value is -1.12.